The number of hydrogen-bond donors (Lipinski definition) is 1. The molecule has 1 aliphatic rings. The lowest BCUT2D eigenvalue weighted by atomic mass is 10.2. The largest absolute Gasteiger partial charge is 0.379 e. The highest BCUT2D eigenvalue weighted by Gasteiger charge is 2.20. The monoisotopic (exact) mass is 412 g/mol. The molecule has 0 aliphatic carbocycles. The standard InChI is InChI=1S/C21H28N6O3/c28-20(25-7-4-18-3-1-2-6-23-18)5-10-27(12-11-26-13-15-30-16-14-26)21(29)19-17-22-8-9-24-19/h1-3,6,8-9,17H,4-5,7,10-16H2,(H,25,28). The second kappa shape index (κ2) is 11.9. The van der Waals surface area contributed by atoms with Gasteiger partial charge < -0.3 is 15.0 Å². The fourth-order valence-electron chi connectivity index (χ4n) is 3.17. The van der Waals surface area contributed by atoms with Gasteiger partial charge in [-0.3, -0.25) is 24.5 Å². The Hall–Kier alpha value is -2.91. The SMILES string of the molecule is O=C(CCN(CCN1CCOCC1)C(=O)c1cnccn1)NCCc1ccccn1. The lowest BCUT2D eigenvalue weighted by Crippen LogP contribution is -2.44. The topological polar surface area (TPSA) is 101 Å². The molecule has 160 valence electrons. The molecule has 2 amide bonds. The van der Waals surface area contributed by atoms with Crippen molar-refractivity contribution in [2.45, 2.75) is 12.8 Å². The third kappa shape index (κ3) is 7.16. The van der Waals surface area contributed by atoms with Crippen LogP contribution in [0.4, 0.5) is 0 Å². The first-order valence-electron chi connectivity index (χ1n) is 10.2. The Morgan fingerprint density at radius 3 is 2.70 bits per heavy atom. The predicted molar refractivity (Wildman–Crippen MR) is 111 cm³/mol. The number of morpholine rings is 1. The highest BCUT2D eigenvalue weighted by atomic mass is 16.5. The van der Waals surface area contributed by atoms with Gasteiger partial charge in [-0.1, -0.05) is 6.07 Å². The number of nitrogens with zero attached hydrogens (tertiary/aromatic N) is 5. The second-order valence-corrected chi connectivity index (χ2v) is 7.01. The summed E-state index contributed by atoms with van der Waals surface area (Å²) < 4.78 is 5.37. The van der Waals surface area contributed by atoms with Crippen LogP contribution in [-0.2, 0) is 16.0 Å². The molecule has 0 unspecified atom stereocenters. The van der Waals surface area contributed by atoms with Crippen LogP contribution in [0.2, 0.25) is 0 Å². The highest BCUT2D eigenvalue weighted by molar-refractivity contribution is 5.92. The van der Waals surface area contributed by atoms with E-state index >= 15 is 0 Å². The molecule has 1 fully saturated rings. The van der Waals surface area contributed by atoms with E-state index in [2.05, 4.69) is 25.2 Å². The van der Waals surface area contributed by atoms with Crippen molar-refractivity contribution in [3.05, 3.63) is 54.4 Å². The van der Waals surface area contributed by atoms with Crippen molar-refractivity contribution in [1.29, 1.82) is 0 Å². The zero-order chi connectivity index (χ0) is 21.0. The molecule has 9 nitrogen and oxygen atoms in total. The van der Waals surface area contributed by atoms with Gasteiger partial charge in [-0.25, -0.2) is 4.98 Å². The highest BCUT2D eigenvalue weighted by Crippen LogP contribution is 2.04. The van der Waals surface area contributed by atoms with Gasteiger partial charge in [0.15, 0.2) is 0 Å². The van der Waals surface area contributed by atoms with Crippen LogP contribution in [0.25, 0.3) is 0 Å². The maximum absolute atomic E-state index is 12.9. The molecule has 1 saturated heterocycles. The Kier molecular flexibility index (Phi) is 8.67. The molecule has 0 radical (unpaired) electrons. The minimum atomic E-state index is -0.211. The zero-order valence-corrected chi connectivity index (χ0v) is 17.1. The van der Waals surface area contributed by atoms with Gasteiger partial charge in [0.2, 0.25) is 5.91 Å². The van der Waals surface area contributed by atoms with E-state index in [0.717, 1.165) is 25.3 Å². The Morgan fingerprint density at radius 2 is 1.97 bits per heavy atom. The fraction of sp³-hybridized carbons (Fsp3) is 0.476. The van der Waals surface area contributed by atoms with Crippen molar-refractivity contribution in [1.82, 2.24) is 30.1 Å². The van der Waals surface area contributed by atoms with Crippen molar-refractivity contribution >= 4 is 11.8 Å². The summed E-state index contributed by atoms with van der Waals surface area (Å²) >= 11 is 0. The molecular formula is C21H28N6O3. The Labute approximate surface area is 176 Å². The van der Waals surface area contributed by atoms with Crippen LogP contribution in [0.5, 0.6) is 0 Å². The first kappa shape index (κ1) is 21.8. The smallest absolute Gasteiger partial charge is 0.274 e. The van der Waals surface area contributed by atoms with Gasteiger partial charge in [0.1, 0.15) is 5.69 Å². The molecule has 30 heavy (non-hydrogen) atoms. The minimum Gasteiger partial charge on any atom is -0.379 e. The Balaban J connectivity index is 1.49. The molecule has 2 aromatic heterocycles. The van der Waals surface area contributed by atoms with Crippen molar-refractivity contribution in [2.24, 2.45) is 0 Å². The second-order valence-electron chi connectivity index (χ2n) is 7.01. The summed E-state index contributed by atoms with van der Waals surface area (Å²) in [5.74, 6) is -0.299. The summed E-state index contributed by atoms with van der Waals surface area (Å²) in [5.41, 5.74) is 1.22. The summed E-state index contributed by atoms with van der Waals surface area (Å²) in [6.45, 7) is 5.21. The average molecular weight is 412 g/mol. The molecule has 3 heterocycles. The van der Waals surface area contributed by atoms with Gasteiger partial charge in [0.05, 0.1) is 19.4 Å². The minimum absolute atomic E-state index is 0.0887. The van der Waals surface area contributed by atoms with E-state index in [1.54, 1.807) is 11.1 Å². The molecular weight excluding hydrogens is 384 g/mol. The summed E-state index contributed by atoms with van der Waals surface area (Å²) in [4.78, 5) is 41.4. The molecule has 3 rings (SSSR count). The van der Waals surface area contributed by atoms with E-state index < -0.39 is 0 Å². The lowest BCUT2D eigenvalue weighted by Gasteiger charge is -2.30. The zero-order valence-electron chi connectivity index (χ0n) is 17.1. The first-order chi connectivity index (χ1) is 14.7. The molecule has 0 aromatic carbocycles. The maximum atomic E-state index is 12.9. The van der Waals surface area contributed by atoms with Gasteiger partial charge in [-0.2, -0.15) is 0 Å². The quantitative estimate of drug-likeness (QED) is 0.603. The van der Waals surface area contributed by atoms with Crippen molar-refractivity contribution < 1.29 is 14.3 Å². The lowest BCUT2D eigenvalue weighted by molar-refractivity contribution is -0.121. The van der Waals surface area contributed by atoms with Crippen LogP contribution in [0.1, 0.15) is 22.6 Å². The predicted octanol–water partition coefficient (Wildman–Crippen LogP) is 0.395. The molecule has 0 saturated carbocycles. The summed E-state index contributed by atoms with van der Waals surface area (Å²) in [7, 11) is 0. The van der Waals surface area contributed by atoms with Crippen LogP contribution in [0.15, 0.2) is 43.0 Å². The number of hydrogen-bond acceptors (Lipinski definition) is 7. The number of amides is 2. The number of rotatable bonds is 10. The van der Waals surface area contributed by atoms with Crippen molar-refractivity contribution in [3.8, 4) is 0 Å². The summed E-state index contributed by atoms with van der Waals surface area (Å²) in [6, 6.07) is 5.72. The molecule has 0 bridgehead atoms. The van der Waals surface area contributed by atoms with Gasteiger partial charge in [-0.05, 0) is 12.1 Å². The van der Waals surface area contributed by atoms with E-state index in [1.807, 2.05) is 18.2 Å². The molecule has 2 aromatic rings. The molecule has 1 N–H and O–H groups in total. The number of aromatic nitrogens is 3. The van der Waals surface area contributed by atoms with Gasteiger partial charge in [-0.15, -0.1) is 0 Å². The number of pyridine rings is 1. The molecule has 0 atom stereocenters. The summed E-state index contributed by atoms with van der Waals surface area (Å²) in [6.07, 6.45) is 7.13. The molecule has 1 aliphatic heterocycles. The fourth-order valence-corrected chi connectivity index (χ4v) is 3.17. The number of nitrogens with one attached hydrogen (secondary N) is 1. The van der Waals surface area contributed by atoms with E-state index in [0.29, 0.717) is 39.3 Å². The number of carbonyl (C=O) groups excluding carboxylic acids is 2. The van der Waals surface area contributed by atoms with E-state index in [-0.39, 0.29) is 23.9 Å². The van der Waals surface area contributed by atoms with Gasteiger partial charge >= 0.3 is 0 Å². The first-order valence-corrected chi connectivity index (χ1v) is 10.2. The Morgan fingerprint density at radius 1 is 1.10 bits per heavy atom. The van der Waals surface area contributed by atoms with E-state index in [4.69, 9.17) is 4.74 Å². The molecule has 0 spiro atoms. The molecule has 9 heteroatoms. The normalized spacial score (nSPS) is 14.3. The number of ether oxygens (including phenoxy) is 1. The average Bonchev–Trinajstić information content (AvgIpc) is 2.80. The maximum Gasteiger partial charge on any atom is 0.274 e. The van der Waals surface area contributed by atoms with Crippen LogP contribution in [0.3, 0.4) is 0 Å². The van der Waals surface area contributed by atoms with Crippen LogP contribution >= 0.6 is 0 Å². The van der Waals surface area contributed by atoms with E-state index in [9.17, 15) is 9.59 Å². The van der Waals surface area contributed by atoms with Gasteiger partial charge in [0, 0.05) is 76.4 Å². The third-order valence-electron chi connectivity index (χ3n) is 4.90. The Bertz CT molecular complexity index is 784. The van der Waals surface area contributed by atoms with Crippen LogP contribution in [-0.4, -0.2) is 89.0 Å². The van der Waals surface area contributed by atoms with Crippen molar-refractivity contribution in [3.63, 3.8) is 0 Å². The van der Waals surface area contributed by atoms with Gasteiger partial charge in [0.25, 0.3) is 5.91 Å². The van der Waals surface area contributed by atoms with Crippen LogP contribution in [0, 0.1) is 0 Å². The van der Waals surface area contributed by atoms with E-state index in [1.165, 1.54) is 18.6 Å². The number of carbonyl (C=O) groups is 2. The third-order valence-corrected chi connectivity index (χ3v) is 4.90. The summed E-state index contributed by atoms with van der Waals surface area (Å²) in [5, 5.41) is 2.90. The van der Waals surface area contributed by atoms with Crippen LogP contribution < -0.4 is 5.32 Å². The van der Waals surface area contributed by atoms with Crippen molar-refractivity contribution in [2.75, 3.05) is 52.5 Å².